The van der Waals surface area contributed by atoms with Gasteiger partial charge in [-0.2, -0.15) is 0 Å². The Morgan fingerprint density at radius 3 is 2.00 bits per heavy atom. The predicted octanol–water partition coefficient (Wildman–Crippen LogP) is 3.94. The number of halogens is 2. The molecule has 0 heterocycles. The topological polar surface area (TPSA) is 20.2 Å². The molecule has 0 bridgehead atoms. The van der Waals surface area contributed by atoms with E-state index in [2.05, 4.69) is 0 Å². The summed E-state index contributed by atoms with van der Waals surface area (Å²) >= 11 is 11.7. The van der Waals surface area contributed by atoms with E-state index < -0.39 is 6.19 Å². The number of hydrogen-bond acceptors (Lipinski definition) is 1. The molecule has 16 heavy (non-hydrogen) atoms. The van der Waals surface area contributed by atoms with Crippen LogP contribution in [-0.4, -0.2) is 4.89 Å². The SMILES string of the molecule is O[PH](Cl)(Cl)c1ccccc1-c1ccccc1. The van der Waals surface area contributed by atoms with Gasteiger partial charge in [0.2, 0.25) is 0 Å². The second-order valence-electron chi connectivity index (χ2n) is 3.45. The van der Waals surface area contributed by atoms with Crippen LogP contribution in [0.1, 0.15) is 0 Å². The van der Waals surface area contributed by atoms with E-state index in [-0.39, 0.29) is 0 Å². The van der Waals surface area contributed by atoms with Crippen LogP contribution < -0.4 is 5.30 Å². The van der Waals surface area contributed by atoms with E-state index in [0.717, 1.165) is 11.1 Å². The minimum absolute atomic E-state index is 0.629. The third-order valence-corrected chi connectivity index (χ3v) is 4.64. The van der Waals surface area contributed by atoms with Crippen LogP contribution in [0.5, 0.6) is 0 Å². The summed E-state index contributed by atoms with van der Waals surface area (Å²) in [5.74, 6) is 0. The average Bonchev–Trinajstić information content (AvgIpc) is 2.29. The molecule has 0 spiro atoms. The molecule has 0 aromatic heterocycles. The summed E-state index contributed by atoms with van der Waals surface area (Å²) in [6.07, 6.45) is -3.32. The monoisotopic (exact) mass is 272 g/mol. The zero-order valence-corrected chi connectivity index (χ0v) is 10.9. The fraction of sp³-hybridized carbons (Fsp3) is 0. The van der Waals surface area contributed by atoms with Gasteiger partial charge in [0.15, 0.2) is 0 Å². The Morgan fingerprint density at radius 1 is 0.812 bits per heavy atom. The minimum atomic E-state index is -3.32. The van der Waals surface area contributed by atoms with E-state index in [9.17, 15) is 4.89 Å². The van der Waals surface area contributed by atoms with Crippen molar-refractivity contribution in [2.75, 3.05) is 0 Å². The van der Waals surface area contributed by atoms with Crippen molar-refractivity contribution < 1.29 is 4.89 Å². The first kappa shape index (κ1) is 11.9. The van der Waals surface area contributed by atoms with Crippen LogP contribution in [0.2, 0.25) is 0 Å². The van der Waals surface area contributed by atoms with Gasteiger partial charge in [-0.1, -0.05) is 0 Å². The molecule has 4 heteroatoms. The van der Waals surface area contributed by atoms with Crippen LogP contribution in [0.15, 0.2) is 54.6 Å². The molecule has 2 rings (SSSR count). The first-order valence-electron chi connectivity index (χ1n) is 4.84. The maximum absolute atomic E-state index is 9.80. The molecule has 0 aliphatic rings. The second kappa shape index (κ2) is 4.73. The standard InChI is InChI=1S/C12H11Cl2OP/c13-16(14,15)12-9-5-4-8-11(12)10-6-2-1-3-7-10/h1-9,15-16H. The number of hydrogen-bond donors (Lipinski definition) is 1. The summed E-state index contributed by atoms with van der Waals surface area (Å²) < 4.78 is 0. The van der Waals surface area contributed by atoms with E-state index in [1.165, 1.54) is 0 Å². The first-order valence-corrected chi connectivity index (χ1v) is 8.81. The molecule has 0 unspecified atom stereocenters. The van der Waals surface area contributed by atoms with Gasteiger partial charge in [0, 0.05) is 0 Å². The van der Waals surface area contributed by atoms with Gasteiger partial charge in [-0.25, -0.2) is 0 Å². The number of rotatable bonds is 2. The van der Waals surface area contributed by atoms with Crippen molar-refractivity contribution in [1.29, 1.82) is 0 Å². The molecule has 0 amide bonds. The predicted molar refractivity (Wildman–Crippen MR) is 73.8 cm³/mol. The van der Waals surface area contributed by atoms with Crippen molar-refractivity contribution in [2.45, 2.75) is 0 Å². The van der Waals surface area contributed by atoms with Crippen molar-refractivity contribution in [2.24, 2.45) is 0 Å². The molecule has 0 aliphatic carbocycles. The van der Waals surface area contributed by atoms with Gasteiger partial charge in [0.25, 0.3) is 0 Å². The Labute approximate surface area is 105 Å². The van der Waals surface area contributed by atoms with Crippen LogP contribution in [0.3, 0.4) is 0 Å². The summed E-state index contributed by atoms with van der Waals surface area (Å²) in [5.41, 5.74) is 1.90. The molecule has 1 N–H and O–H groups in total. The summed E-state index contributed by atoms with van der Waals surface area (Å²) in [7, 11) is 0. The normalized spacial score (nSPS) is 12.4. The van der Waals surface area contributed by atoms with Crippen molar-refractivity contribution in [3.8, 4) is 11.1 Å². The van der Waals surface area contributed by atoms with Crippen molar-refractivity contribution in [3.63, 3.8) is 0 Å². The fourth-order valence-corrected chi connectivity index (χ4v) is 3.45. The van der Waals surface area contributed by atoms with Crippen molar-refractivity contribution in [3.05, 3.63) is 54.6 Å². The van der Waals surface area contributed by atoms with E-state index in [0.29, 0.717) is 5.30 Å². The van der Waals surface area contributed by atoms with Crippen LogP contribution in [0, 0.1) is 0 Å². The third kappa shape index (κ3) is 2.56. The van der Waals surface area contributed by atoms with E-state index in [1.54, 1.807) is 6.07 Å². The van der Waals surface area contributed by atoms with Gasteiger partial charge >= 0.3 is 105 Å². The van der Waals surface area contributed by atoms with E-state index in [4.69, 9.17) is 22.5 Å². The molecule has 2 aromatic rings. The molecule has 0 saturated carbocycles. The van der Waals surface area contributed by atoms with E-state index >= 15 is 0 Å². The average molecular weight is 273 g/mol. The second-order valence-corrected chi connectivity index (χ2v) is 8.94. The fourth-order valence-electron chi connectivity index (χ4n) is 1.61. The molecular weight excluding hydrogens is 262 g/mol. The van der Waals surface area contributed by atoms with Gasteiger partial charge < -0.3 is 0 Å². The zero-order valence-electron chi connectivity index (χ0n) is 8.40. The Morgan fingerprint density at radius 2 is 1.38 bits per heavy atom. The third-order valence-electron chi connectivity index (χ3n) is 2.34. The molecule has 0 atom stereocenters. The quantitative estimate of drug-likeness (QED) is 0.821. The Balaban J connectivity index is 2.58. The summed E-state index contributed by atoms with van der Waals surface area (Å²) in [4.78, 5) is 9.80. The van der Waals surface area contributed by atoms with Crippen LogP contribution in [0.25, 0.3) is 11.1 Å². The Kier molecular flexibility index (Phi) is 3.51. The molecule has 0 fully saturated rings. The summed E-state index contributed by atoms with van der Waals surface area (Å²) in [5, 5.41) is 0.629. The Hall–Kier alpha value is -0.590. The molecule has 84 valence electrons. The van der Waals surface area contributed by atoms with Crippen LogP contribution in [-0.2, 0) is 0 Å². The van der Waals surface area contributed by atoms with Gasteiger partial charge in [-0.05, 0) is 0 Å². The molecular formula is C12H11Cl2OP. The number of benzene rings is 2. The molecule has 2 aromatic carbocycles. The molecule has 0 aliphatic heterocycles. The first-order chi connectivity index (χ1) is 7.59. The van der Waals surface area contributed by atoms with Gasteiger partial charge in [-0.15, -0.1) is 0 Å². The Bertz CT molecular complexity index is 480. The summed E-state index contributed by atoms with van der Waals surface area (Å²) in [6, 6.07) is 17.2. The zero-order chi connectivity index (χ0) is 11.6. The molecule has 0 radical (unpaired) electrons. The van der Waals surface area contributed by atoms with Crippen LogP contribution in [0.4, 0.5) is 0 Å². The summed E-state index contributed by atoms with van der Waals surface area (Å²) in [6.45, 7) is 0. The van der Waals surface area contributed by atoms with Gasteiger partial charge in [0.05, 0.1) is 0 Å². The van der Waals surface area contributed by atoms with Crippen molar-refractivity contribution in [1.82, 2.24) is 0 Å². The van der Waals surface area contributed by atoms with E-state index in [1.807, 2.05) is 48.5 Å². The molecule has 1 nitrogen and oxygen atoms in total. The molecule has 0 saturated heterocycles. The van der Waals surface area contributed by atoms with Crippen LogP contribution >= 0.6 is 28.7 Å². The van der Waals surface area contributed by atoms with Crippen molar-refractivity contribution >= 4 is 34.0 Å². The maximum atomic E-state index is 9.80. The van der Waals surface area contributed by atoms with Gasteiger partial charge in [-0.3, -0.25) is 0 Å². The van der Waals surface area contributed by atoms with Gasteiger partial charge in [0.1, 0.15) is 0 Å².